The van der Waals surface area contributed by atoms with E-state index in [4.69, 9.17) is 5.73 Å². The molecule has 3 nitrogen and oxygen atoms in total. The maximum atomic E-state index is 13.8. The lowest BCUT2D eigenvalue weighted by Crippen LogP contribution is -2.43. The number of amides is 1. The van der Waals surface area contributed by atoms with E-state index < -0.39 is 11.6 Å². The Bertz CT molecular complexity index is 548. The number of rotatable bonds is 3. The minimum Gasteiger partial charge on any atom is -0.342 e. The topological polar surface area (TPSA) is 46.3 Å². The summed E-state index contributed by atoms with van der Waals surface area (Å²) in [5.41, 5.74) is 5.98. The lowest BCUT2D eigenvalue weighted by atomic mass is 9.90. The summed E-state index contributed by atoms with van der Waals surface area (Å²) >= 11 is 0. The van der Waals surface area contributed by atoms with Gasteiger partial charge in [0.2, 0.25) is 5.91 Å². The summed E-state index contributed by atoms with van der Waals surface area (Å²) in [6, 6.07) is 4.02. The van der Waals surface area contributed by atoms with Crippen LogP contribution in [0.3, 0.4) is 0 Å². The first kappa shape index (κ1) is 15.4. The second kappa shape index (κ2) is 5.95. The van der Waals surface area contributed by atoms with Gasteiger partial charge in [0.15, 0.2) is 0 Å². The molecule has 1 aromatic rings. The van der Waals surface area contributed by atoms with Crippen LogP contribution in [0.1, 0.15) is 37.7 Å². The first-order valence-corrected chi connectivity index (χ1v) is 7.97. The molecule has 1 heterocycles. The van der Waals surface area contributed by atoms with E-state index >= 15 is 0 Å². The molecule has 2 N–H and O–H groups in total. The van der Waals surface area contributed by atoms with Crippen molar-refractivity contribution >= 4 is 5.91 Å². The molecule has 0 radical (unpaired) electrons. The van der Waals surface area contributed by atoms with Crippen LogP contribution in [0, 0.1) is 23.5 Å². The van der Waals surface area contributed by atoms with Crippen molar-refractivity contribution in [2.75, 3.05) is 13.1 Å². The van der Waals surface area contributed by atoms with Gasteiger partial charge in [-0.15, -0.1) is 0 Å². The molecule has 0 bridgehead atoms. The van der Waals surface area contributed by atoms with Crippen molar-refractivity contribution in [2.45, 2.75) is 38.1 Å². The summed E-state index contributed by atoms with van der Waals surface area (Å²) in [6.45, 7) is 3.40. The SMILES string of the molecule is CC(N)C1CCN(C(=O)C2CC2c2c(F)cccc2F)CC1. The van der Waals surface area contributed by atoms with Crippen LogP contribution >= 0.6 is 0 Å². The van der Waals surface area contributed by atoms with Crippen molar-refractivity contribution in [1.82, 2.24) is 4.90 Å². The Balaban J connectivity index is 1.62. The number of nitrogens with zero attached hydrogens (tertiary/aromatic N) is 1. The van der Waals surface area contributed by atoms with Crippen molar-refractivity contribution in [3.63, 3.8) is 0 Å². The minimum atomic E-state index is -0.545. The quantitative estimate of drug-likeness (QED) is 0.933. The lowest BCUT2D eigenvalue weighted by Gasteiger charge is -2.34. The molecule has 1 aliphatic carbocycles. The normalized spacial score (nSPS) is 26.8. The number of carbonyl (C=O) groups is 1. The van der Waals surface area contributed by atoms with Gasteiger partial charge >= 0.3 is 0 Å². The summed E-state index contributed by atoms with van der Waals surface area (Å²) in [5.74, 6) is -1.16. The van der Waals surface area contributed by atoms with Crippen LogP contribution in [0.2, 0.25) is 0 Å². The average Bonchev–Trinajstić information content (AvgIpc) is 3.26. The number of hydrogen-bond acceptors (Lipinski definition) is 2. The summed E-state index contributed by atoms with van der Waals surface area (Å²) in [7, 11) is 0. The van der Waals surface area contributed by atoms with Gasteiger partial charge in [0.25, 0.3) is 0 Å². The van der Waals surface area contributed by atoms with Gasteiger partial charge in [-0.2, -0.15) is 0 Å². The van der Waals surface area contributed by atoms with Crippen LogP contribution < -0.4 is 5.73 Å². The van der Waals surface area contributed by atoms with E-state index in [9.17, 15) is 13.6 Å². The molecular weight excluding hydrogens is 286 g/mol. The fourth-order valence-electron chi connectivity index (χ4n) is 3.53. The molecule has 1 saturated carbocycles. The van der Waals surface area contributed by atoms with Gasteiger partial charge in [-0.1, -0.05) is 6.07 Å². The second-order valence-corrected chi connectivity index (χ2v) is 6.61. The molecule has 0 aromatic heterocycles. The van der Waals surface area contributed by atoms with Crippen LogP contribution in [0.4, 0.5) is 8.78 Å². The van der Waals surface area contributed by atoms with Crippen LogP contribution in [0.5, 0.6) is 0 Å². The smallest absolute Gasteiger partial charge is 0.226 e. The predicted molar refractivity (Wildman–Crippen MR) is 80.2 cm³/mol. The standard InChI is InChI=1S/C17H22F2N2O/c1-10(20)11-5-7-21(8-6-11)17(22)13-9-12(13)16-14(18)3-2-4-15(16)19/h2-4,10-13H,5-9,20H2,1H3. The van der Waals surface area contributed by atoms with Crippen LogP contribution in [0.25, 0.3) is 0 Å². The highest BCUT2D eigenvalue weighted by molar-refractivity contribution is 5.83. The van der Waals surface area contributed by atoms with Crippen molar-refractivity contribution < 1.29 is 13.6 Å². The molecule has 1 aliphatic heterocycles. The monoisotopic (exact) mass is 308 g/mol. The molecule has 3 atom stereocenters. The third kappa shape index (κ3) is 2.86. The number of halogens is 2. The number of likely N-dealkylation sites (tertiary alicyclic amines) is 1. The molecule has 22 heavy (non-hydrogen) atoms. The molecule has 3 rings (SSSR count). The maximum Gasteiger partial charge on any atom is 0.226 e. The third-order valence-electron chi connectivity index (χ3n) is 5.07. The van der Waals surface area contributed by atoms with Crippen LogP contribution in [-0.4, -0.2) is 29.9 Å². The zero-order chi connectivity index (χ0) is 15.9. The van der Waals surface area contributed by atoms with Crippen molar-refractivity contribution in [2.24, 2.45) is 17.6 Å². The van der Waals surface area contributed by atoms with Gasteiger partial charge in [-0.3, -0.25) is 4.79 Å². The summed E-state index contributed by atoms with van der Waals surface area (Å²) in [4.78, 5) is 14.3. The van der Waals surface area contributed by atoms with Crippen LogP contribution in [-0.2, 0) is 4.79 Å². The third-order valence-corrected chi connectivity index (χ3v) is 5.07. The number of piperidine rings is 1. The Labute approximate surface area is 129 Å². The Morgan fingerprint density at radius 1 is 1.27 bits per heavy atom. The summed E-state index contributed by atoms with van der Waals surface area (Å²) < 4.78 is 27.6. The van der Waals surface area contributed by atoms with E-state index in [0.29, 0.717) is 25.4 Å². The maximum absolute atomic E-state index is 13.8. The van der Waals surface area contributed by atoms with E-state index in [1.807, 2.05) is 11.8 Å². The molecule has 120 valence electrons. The van der Waals surface area contributed by atoms with Gasteiger partial charge in [-0.25, -0.2) is 8.78 Å². The molecule has 0 spiro atoms. The molecule has 3 unspecified atom stereocenters. The highest BCUT2D eigenvalue weighted by atomic mass is 19.1. The first-order chi connectivity index (χ1) is 10.5. The van der Waals surface area contributed by atoms with E-state index in [1.165, 1.54) is 18.2 Å². The molecule has 2 aliphatic rings. The molecule has 1 aromatic carbocycles. The molecule has 1 saturated heterocycles. The van der Waals surface area contributed by atoms with Gasteiger partial charge in [0.1, 0.15) is 11.6 Å². The second-order valence-electron chi connectivity index (χ2n) is 6.61. The lowest BCUT2D eigenvalue weighted by molar-refractivity contribution is -0.134. The zero-order valence-electron chi connectivity index (χ0n) is 12.8. The zero-order valence-corrected chi connectivity index (χ0v) is 12.8. The van der Waals surface area contributed by atoms with E-state index in [2.05, 4.69) is 0 Å². The minimum absolute atomic E-state index is 0.0378. The van der Waals surface area contributed by atoms with Gasteiger partial charge in [0.05, 0.1) is 0 Å². The fraction of sp³-hybridized carbons (Fsp3) is 0.588. The van der Waals surface area contributed by atoms with Crippen molar-refractivity contribution in [1.29, 1.82) is 0 Å². The number of hydrogen-bond donors (Lipinski definition) is 1. The van der Waals surface area contributed by atoms with Gasteiger partial charge in [-0.05, 0) is 44.2 Å². The number of benzene rings is 1. The highest BCUT2D eigenvalue weighted by Crippen LogP contribution is 2.50. The molecule has 1 amide bonds. The summed E-state index contributed by atoms with van der Waals surface area (Å²) in [6.07, 6.45) is 2.37. The molecular formula is C17H22F2N2O. The Kier molecular flexibility index (Phi) is 4.17. The first-order valence-electron chi connectivity index (χ1n) is 7.97. The van der Waals surface area contributed by atoms with E-state index in [0.717, 1.165) is 12.8 Å². The average molecular weight is 308 g/mol. The van der Waals surface area contributed by atoms with Crippen molar-refractivity contribution in [3.05, 3.63) is 35.4 Å². The fourth-order valence-corrected chi connectivity index (χ4v) is 3.53. The summed E-state index contributed by atoms with van der Waals surface area (Å²) in [5, 5.41) is 0. The predicted octanol–water partition coefficient (Wildman–Crippen LogP) is 2.65. The van der Waals surface area contributed by atoms with Crippen molar-refractivity contribution in [3.8, 4) is 0 Å². The van der Waals surface area contributed by atoms with Gasteiger partial charge < -0.3 is 10.6 Å². The van der Waals surface area contributed by atoms with Crippen LogP contribution in [0.15, 0.2) is 18.2 Å². The number of carbonyl (C=O) groups excluding carboxylic acids is 1. The van der Waals surface area contributed by atoms with E-state index in [1.54, 1.807) is 0 Å². The highest BCUT2D eigenvalue weighted by Gasteiger charge is 2.48. The van der Waals surface area contributed by atoms with Gasteiger partial charge in [0, 0.05) is 36.5 Å². The largest absolute Gasteiger partial charge is 0.342 e. The molecule has 2 fully saturated rings. The Morgan fingerprint density at radius 2 is 1.86 bits per heavy atom. The number of nitrogens with two attached hydrogens (primary N) is 1. The Morgan fingerprint density at radius 3 is 2.41 bits per heavy atom. The molecule has 5 heteroatoms. The Hall–Kier alpha value is -1.49. The van der Waals surface area contributed by atoms with E-state index in [-0.39, 0.29) is 29.3 Å².